The van der Waals surface area contributed by atoms with Gasteiger partial charge in [-0.15, -0.1) is 0 Å². The molecule has 0 aliphatic heterocycles. The van der Waals surface area contributed by atoms with Crippen LogP contribution in [0.5, 0.6) is 0 Å². The SMILES string of the molecule is CCc1ccc2c(c(C)nn2C)c1NS(=O)(=O)c1cnn(-c2ccnc(C(F)(F)F)c2)c1. The van der Waals surface area contributed by atoms with E-state index in [1.165, 1.54) is 6.07 Å². The molecule has 0 spiro atoms. The average molecular weight is 464 g/mol. The Bertz CT molecular complexity index is 1420. The first-order valence-electron chi connectivity index (χ1n) is 9.57. The van der Waals surface area contributed by atoms with E-state index in [9.17, 15) is 21.6 Å². The van der Waals surface area contributed by atoms with Crippen molar-refractivity contribution < 1.29 is 21.6 Å². The number of alkyl halides is 3. The number of hydrogen-bond acceptors (Lipinski definition) is 5. The summed E-state index contributed by atoms with van der Waals surface area (Å²) in [4.78, 5) is 3.11. The molecule has 32 heavy (non-hydrogen) atoms. The molecule has 0 saturated heterocycles. The van der Waals surface area contributed by atoms with Crippen molar-refractivity contribution in [1.82, 2.24) is 24.5 Å². The number of pyridine rings is 1. The van der Waals surface area contributed by atoms with E-state index in [0.717, 1.165) is 40.4 Å². The first-order chi connectivity index (χ1) is 15.0. The molecule has 1 aromatic carbocycles. The Hall–Kier alpha value is -3.41. The molecular formula is C20H19F3N6O2S. The Balaban J connectivity index is 1.74. The molecule has 0 radical (unpaired) electrons. The normalized spacial score (nSPS) is 12.4. The lowest BCUT2D eigenvalue weighted by molar-refractivity contribution is -0.141. The van der Waals surface area contributed by atoms with Crippen molar-refractivity contribution >= 4 is 26.6 Å². The molecule has 0 unspecified atom stereocenters. The molecule has 3 aromatic heterocycles. The van der Waals surface area contributed by atoms with Crippen LogP contribution < -0.4 is 4.72 Å². The van der Waals surface area contributed by atoms with E-state index in [2.05, 4.69) is 19.9 Å². The van der Waals surface area contributed by atoms with E-state index in [1.54, 1.807) is 18.7 Å². The molecule has 0 bridgehead atoms. The third kappa shape index (κ3) is 3.81. The smallest absolute Gasteiger partial charge is 0.278 e. The number of nitrogens with one attached hydrogen (secondary N) is 1. The molecule has 0 amide bonds. The third-order valence-corrected chi connectivity index (χ3v) is 6.37. The molecule has 3 heterocycles. The molecule has 0 atom stereocenters. The van der Waals surface area contributed by atoms with Crippen molar-refractivity contribution in [2.75, 3.05) is 4.72 Å². The largest absolute Gasteiger partial charge is 0.433 e. The third-order valence-electron chi connectivity index (χ3n) is 5.07. The molecule has 4 rings (SSSR count). The highest BCUT2D eigenvalue weighted by atomic mass is 32.2. The van der Waals surface area contributed by atoms with Gasteiger partial charge in [-0.2, -0.15) is 23.4 Å². The highest BCUT2D eigenvalue weighted by Crippen LogP contribution is 2.32. The minimum atomic E-state index is -4.63. The number of anilines is 1. The zero-order chi connectivity index (χ0) is 23.3. The number of benzene rings is 1. The number of halogens is 3. The van der Waals surface area contributed by atoms with E-state index >= 15 is 0 Å². The van der Waals surface area contributed by atoms with Crippen molar-refractivity contribution in [3.63, 3.8) is 0 Å². The minimum absolute atomic E-state index is 0.0354. The molecule has 4 aromatic rings. The number of fused-ring (bicyclic) bond motifs is 1. The van der Waals surface area contributed by atoms with Gasteiger partial charge in [0.1, 0.15) is 10.6 Å². The number of rotatable bonds is 5. The fraction of sp³-hybridized carbons (Fsp3) is 0.250. The van der Waals surface area contributed by atoms with Crippen molar-refractivity contribution in [2.24, 2.45) is 7.05 Å². The molecule has 0 saturated carbocycles. The van der Waals surface area contributed by atoms with Gasteiger partial charge in [-0.3, -0.25) is 14.4 Å². The highest BCUT2D eigenvalue weighted by molar-refractivity contribution is 7.92. The number of sulfonamides is 1. The first-order valence-corrected chi connectivity index (χ1v) is 11.1. The first kappa shape index (κ1) is 21.8. The zero-order valence-corrected chi connectivity index (χ0v) is 18.2. The molecule has 0 aliphatic rings. The van der Waals surface area contributed by atoms with E-state index in [0.29, 0.717) is 23.2 Å². The van der Waals surface area contributed by atoms with Crippen molar-refractivity contribution in [3.05, 3.63) is 59.8 Å². The second-order valence-electron chi connectivity index (χ2n) is 7.18. The van der Waals surface area contributed by atoms with Crippen molar-refractivity contribution in [3.8, 4) is 5.69 Å². The molecule has 0 aliphatic carbocycles. The number of aromatic nitrogens is 5. The summed E-state index contributed by atoms with van der Waals surface area (Å²) in [6.07, 6.45) is -0.821. The summed E-state index contributed by atoms with van der Waals surface area (Å²) < 4.78 is 70.4. The maximum absolute atomic E-state index is 13.1. The molecule has 168 valence electrons. The Labute approximate surface area is 181 Å². The van der Waals surface area contributed by atoms with Gasteiger partial charge in [0.2, 0.25) is 0 Å². The van der Waals surface area contributed by atoms with E-state index in [4.69, 9.17) is 0 Å². The zero-order valence-electron chi connectivity index (χ0n) is 17.3. The summed E-state index contributed by atoms with van der Waals surface area (Å²) in [5.74, 6) is 0. The lowest BCUT2D eigenvalue weighted by Crippen LogP contribution is -2.14. The Kier molecular flexibility index (Phi) is 5.19. The summed E-state index contributed by atoms with van der Waals surface area (Å²) in [5.41, 5.74) is 1.58. The van der Waals surface area contributed by atoms with Gasteiger partial charge in [-0.05, 0) is 37.1 Å². The van der Waals surface area contributed by atoms with Crippen molar-refractivity contribution in [2.45, 2.75) is 31.3 Å². The molecule has 12 heteroatoms. The highest BCUT2D eigenvalue weighted by Gasteiger charge is 2.32. The predicted octanol–water partition coefficient (Wildman–Crippen LogP) is 3.84. The monoisotopic (exact) mass is 464 g/mol. The van der Waals surface area contributed by atoms with E-state index < -0.39 is 21.9 Å². The Morgan fingerprint density at radius 2 is 1.94 bits per heavy atom. The van der Waals surface area contributed by atoms with Gasteiger partial charge >= 0.3 is 6.18 Å². The van der Waals surface area contributed by atoms with Gasteiger partial charge in [0.15, 0.2) is 0 Å². The van der Waals surface area contributed by atoms with Crippen LogP contribution in [0.4, 0.5) is 18.9 Å². The van der Waals surface area contributed by atoms with Crippen LogP contribution in [-0.4, -0.2) is 33.0 Å². The fourth-order valence-corrected chi connectivity index (χ4v) is 4.55. The quantitative estimate of drug-likeness (QED) is 0.484. The summed E-state index contributed by atoms with van der Waals surface area (Å²) in [6.45, 7) is 3.70. The van der Waals surface area contributed by atoms with Crippen LogP contribution in [0.2, 0.25) is 0 Å². The lowest BCUT2D eigenvalue weighted by Gasteiger charge is -2.13. The van der Waals surface area contributed by atoms with Crippen LogP contribution in [0.3, 0.4) is 0 Å². The molecule has 8 nitrogen and oxygen atoms in total. The van der Waals surface area contributed by atoms with Crippen LogP contribution >= 0.6 is 0 Å². The van der Waals surface area contributed by atoms with Gasteiger partial charge in [-0.1, -0.05) is 13.0 Å². The summed E-state index contributed by atoms with van der Waals surface area (Å²) in [6, 6.07) is 5.82. The van der Waals surface area contributed by atoms with Crippen LogP contribution in [0.25, 0.3) is 16.6 Å². The van der Waals surface area contributed by atoms with E-state index in [1.807, 2.05) is 19.1 Å². The molecule has 1 N–H and O–H groups in total. The minimum Gasteiger partial charge on any atom is -0.278 e. The van der Waals surface area contributed by atoms with Crippen LogP contribution in [-0.2, 0) is 29.7 Å². The summed E-state index contributed by atoms with van der Waals surface area (Å²) >= 11 is 0. The fourth-order valence-electron chi connectivity index (χ4n) is 3.51. The topological polar surface area (TPSA) is 94.7 Å². The van der Waals surface area contributed by atoms with Gasteiger partial charge in [0.05, 0.1) is 35.0 Å². The van der Waals surface area contributed by atoms with E-state index in [-0.39, 0.29) is 10.6 Å². The van der Waals surface area contributed by atoms with Gasteiger partial charge < -0.3 is 0 Å². The second kappa shape index (κ2) is 7.62. The van der Waals surface area contributed by atoms with Gasteiger partial charge in [-0.25, -0.2) is 13.1 Å². The summed E-state index contributed by atoms with van der Waals surface area (Å²) in [7, 11) is -2.31. The maximum atomic E-state index is 13.1. The van der Waals surface area contributed by atoms with Crippen LogP contribution in [0, 0.1) is 6.92 Å². The number of nitrogens with zero attached hydrogens (tertiary/aromatic N) is 5. The second-order valence-corrected chi connectivity index (χ2v) is 8.86. The summed E-state index contributed by atoms with van der Waals surface area (Å²) in [5, 5.41) is 8.99. The average Bonchev–Trinajstić information content (AvgIpc) is 3.33. The number of hydrogen-bond donors (Lipinski definition) is 1. The molecule has 0 fully saturated rings. The lowest BCUT2D eigenvalue weighted by atomic mass is 10.1. The molecular weight excluding hydrogens is 445 g/mol. The number of aryl methyl sites for hydroxylation is 3. The Morgan fingerprint density at radius 3 is 2.62 bits per heavy atom. The van der Waals surface area contributed by atoms with Crippen LogP contribution in [0.1, 0.15) is 23.9 Å². The van der Waals surface area contributed by atoms with Gasteiger partial charge in [0, 0.05) is 18.6 Å². The van der Waals surface area contributed by atoms with Gasteiger partial charge in [0.25, 0.3) is 10.0 Å². The predicted molar refractivity (Wildman–Crippen MR) is 112 cm³/mol. The van der Waals surface area contributed by atoms with Crippen molar-refractivity contribution in [1.29, 1.82) is 0 Å². The standard InChI is InChI=1S/C20H19F3N6O2S/c1-4-13-5-6-16-18(12(2)26-28(16)3)19(13)27-32(30,31)15-10-25-29(11-15)14-7-8-24-17(9-14)20(21,22)23/h5-11,27H,4H2,1-3H3. The Morgan fingerprint density at radius 1 is 1.19 bits per heavy atom. The maximum Gasteiger partial charge on any atom is 0.433 e. The van der Waals surface area contributed by atoms with Crippen LogP contribution in [0.15, 0.2) is 47.8 Å².